The molecule has 4 bridgehead atoms. The summed E-state index contributed by atoms with van der Waals surface area (Å²) >= 11 is 5.97. The van der Waals surface area contributed by atoms with E-state index in [9.17, 15) is 4.79 Å². The van der Waals surface area contributed by atoms with E-state index < -0.39 is 0 Å². The van der Waals surface area contributed by atoms with Crippen molar-refractivity contribution in [2.24, 2.45) is 17.8 Å². The third-order valence-corrected chi connectivity index (χ3v) is 7.07. The number of hydrogen-bond acceptors (Lipinski definition) is 1. The zero-order valence-electron chi connectivity index (χ0n) is 15.3. The molecule has 1 aromatic rings. The first-order valence-corrected chi connectivity index (χ1v) is 10.2. The molecule has 0 saturated heterocycles. The molecule has 4 aliphatic carbocycles. The molecule has 1 amide bonds. The minimum Gasteiger partial charge on any atom is -0.345 e. The molecule has 2 atom stereocenters. The Kier molecular flexibility index (Phi) is 4.57. The highest BCUT2D eigenvalue weighted by atomic mass is 35.5. The number of hydrogen-bond donors (Lipinski definition) is 2. The van der Waals surface area contributed by atoms with Gasteiger partial charge in [0.25, 0.3) is 5.91 Å². The summed E-state index contributed by atoms with van der Waals surface area (Å²) in [6.07, 6.45) is 7.86. The van der Waals surface area contributed by atoms with Crippen molar-refractivity contribution in [3.05, 3.63) is 34.9 Å². The van der Waals surface area contributed by atoms with E-state index in [1.807, 2.05) is 31.2 Å². The molecule has 0 radical (unpaired) electrons. The van der Waals surface area contributed by atoms with Gasteiger partial charge in [-0.25, -0.2) is 0 Å². The van der Waals surface area contributed by atoms with E-state index in [1.54, 1.807) is 0 Å². The second kappa shape index (κ2) is 6.59. The zero-order chi connectivity index (χ0) is 17.6. The van der Waals surface area contributed by atoms with Gasteiger partial charge < -0.3 is 10.6 Å². The van der Waals surface area contributed by atoms with E-state index in [4.69, 9.17) is 11.6 Å². The summed E-state index contributed by atoms with van der Waals surface area (Å²) in [7, 11) is 0. The molecule has 3 nitrogen and oxygen atoms in total. The number of carbonyl (C=O) groups is 1. The summed E-state index contributed by atoms with van der Waals surface area (Å²) in [5.74, 6) is 2.79. The van der Waals surface area contributed by atoms with Crippen molar-refractivity contribution in [2.45, 2.75) is 70.0 Å². The average molecular weight is 362 g/mol. The van der Waals surface area contributed by atoms with E-state index in [2.05, 4.69) is 17.6 Å². The molecule has 4 saturated carbocycles. The fourth-order valence-corrected chi connectivity index (χ4v) is 6.16. The molecule has 0 aromatic heterocycles. The Morgan fingerprint density at radius 2 is 1.60 bits per heavy atom. The van der Waals surface area contributed by atoms with Crippen molar-refractivity contribution in [2.75, 3.05) is 0 Å². The van der Waals surface area contributed by atoms with Crippen LogP contribution in [0.2, 0.25) is 5.02 Å². The van der Waals surface area contributed by atoms with Crippen molar-refractivity contribution in [3.8, 4) is 0 Å². The molecule has 4 aliphatic rings. The molecule has 4 heteroatoms. The fraction of sp³-hybridized carbons (Fsp3) is 0.667. The van der Waals surface area contributed by atoms with Crippen LogP contribution >= 0.6 is 11.6 Å². The molecule has 136 valence electrons. The van der Waals surface area contributed by atoms with Gasteiger partial charge >= 0.3 is 0 Å². The van der Waals surface area contributed by atoms with Crippen LogP contribution in [-0.4, -0.2) is 17.5 Å². The molecule has 5 rings (SSSR count). The summed E-state index contributed by atoms with van der Waals surface area (Å²) in [5.41, 5.74) is 1.32. The number of nitrogens with one attached hydrogen (secondary N) is 1. The van der Waals surface area contributed by atoms with Gasteiger partial charge in [-0.3, -0.25) is 4.79 Å². The van der Waals surface area contributed by atoms with E-state index in [0.717, 1.165) is 22.8 Å². The van der Waals surface area contributed by atoms with Crippen molar-refractivity contribution in [3.63, 3.8) is 0 Å². The average Bonchev–Trinajstić information content (AvgIpc) is 2.53. The van der Waals surface area contributed by atoms with Crippen LogP contribution in [0.1, 0.15) is 64.0 Å². The van der Waals surface area contributed by atoms with Gasteiger partial charge in [0.15, 0.2) is 6.04 Å². The van der Waals surface area contributed by atoms with Crippen molar-refractivity contribution >= 4 is 17.5 Å². The molecule has 25 heavy (non-hydrogen) atoms. The standard InChI is InChI=1S/C21H29ClN2O/c1-13(18-3-5-19(22)6-4-18)23-14(2)20(25)24-21-10-15-7-16(11-21)9-17(8-15)12-21/h3-6,13-17,23H,7-12H2,1-2H3,(H,24,25)/p+1/t13-,14+,15?,16?,17?,21?/m1/s1. The lowest BCUT2D eigenvalue weighted by Gasteiger charge is -2.57. The van der Waals surface area contributed by atoms with Gasteiger partial charge in [0.05, 0.1) is 0 Å². The Labute approximate surface area is 155 Å². The van der Waals surface area contributed by atoms with Gasteiger partial charge in [-0.1, -0.05) is 23.7 Å². The van der Waals surface area contributed by atoms with Crippen LogP contribution in [0, 0.1) is 17.8 Å². The lowest BCUT2D eigenvalue weighted by molar-refractivity contribution is -0.710. The highest BCUT2D eigenvalue weighted by Crippen LogP contribution is 2.55. The maximum atomic E-state index is 12.9. The fourth-order valence-electron chi connectivity index (χ4n) is 6.04. The number of halogens is 1. The van der Waals surface area contributed by atoms with Gasteiger partial charge in [0.1, 0.15) is 6.04 Å². The predicted molar refractivity (Wildman–Crippen MR) is 100 cm³/mol. The van der Waals surface area contributed by atoms with Crippen LogP contribution in [0.15, 0.2) is 24.3 Å². The third-order valence-electron chi connectivity index (χ3n) is 6.81. The van der Waals surface area contributed by atoms with Crippen LogP contribution in [0.3, 0.4) is 0 Å². The first-order valence-electron chi connectivity index (χ1n) is 9.85. The zero-order valence-corrected chi connectivity index (χ0v) is 16.1. The van der Waals surface area contributed by atoms with Crippen LogP contribution in [0.25, 0.3) is 0 Å². The second-order valence-electron chi connectivity index (χ2n) is 9.01. The molecule has 3 N–H and O–H groups in total. The van der Waals surface area contributed by atoms with Gasteiger partial charge in [-0.15, -0.1) is 0 Å². The SMILES string of the molecule is C[C@H]([NH2+][C@H](C)c1ccc(Cl)cc1)C(=O)NC12CC3CC(CC(C3)C1)C2. The summed E-state index contributed by atoms with van der Waals surface area (Å²) in [6, 6.07) is 8.11. The van der Waals surface area contributed by atoms with Gasteiger partial charge in [0.2, 0.25) is 0 Å². The summed E-state index contributed by atoms with van der Waals surface area (Å²) < 4.78 is 0. The van der Waals surface area contributed by atoms with Crippen LogP contribution in [-0.2, 0) is 4.79 Å². The molecule has 0 heterocycles. The summed E-state index contributed by atoms with van der Waals surface area (Å²) in [5, 5.41) is 6.42. The minimum absolute atomic E-state index is 0.0707. The molecule has 0 unspecified atom stereocenters. The lowest BCUT2D eigenvalue weighted by atomic mass is 9.53. The third kappa shape index (κ3) is 3.59. The Morgan fingerprint density at radius 1 is 1.08 bits per heavy atom. The van der Waals surface area contributed by atoms with Crippen LogP contribution in [0.4, 0.5) is 0 Å². The van der Waals surface area contributed by atoms with Crippen molar-refractivity contribution < 1.29 is 10.1 Å². The summed E-state index contributed by atoms with van der Waals surface area (Å²) in [6.45, 7) is 4.18. The Bertz CT molecular complexity index is 607. The molecule has 0 spiro atoms. The second-order valence-corrected chi connectivity index (χ2v) is 9.44. The van der Waals surface area contributed by atoms with Gasteiger partial charge in [-0.05, 0) is 82.3 Å². The molecule has 0 aliphatic heterocycles. The smallest absolute Gasteiger partial charge is 0.278 e. The Morgan fingerprint density at radius 3 is 2.12 bits per heavy atom. The molecular weight excluding hydrogens is 332 g/mol. The molecular formula is C21H30ClN2O+. The van der Waals surface area contributed by atoms with Crippen LogP contribution < -0.4 is 10.6 Å². The van der Waals surface area contributed by atoms with E-state index in [-0.39, 0.29) is 23.5 Å². The van der Waals surface area contributed by atoms with E-state index >= 15 is 0 Å². The first-order chi connectivity index (χ1) is 11.9. The predicted octanol–water partition coefficient (Wildman–Crippen LogP) is 3.44. The summed E-state index contributed by atoms with van der Waals surface area (Å²) in [4.78, 5) is 12.9. The lowest BCUT2D eigenvalue weighted by Crippen LogP contribution is -2.92. The van der Waals surface area contributed by atoms with Gasteiger partial charge in [-0.2, -0.15) is 0 Å². The largest absolute Gasteiger partial charge is 0.345 e. The van der Waals surface area contributed by atoms with Gasteiger partial charge in [0, 0.05) is 16.1 Å². The molecule has 4 fully saturated rings. The van der Waals surface area contributed by atoms with Crippen molar-refractivity contribution in [1.82, 2.24) is 5.32 Å². The monoisotopic (exact) mass is 361 g/mol. The number of nitrogens with two attached hydrogens (primary N) is 1. The first kappa shape index (κ1) is 17.4. The molecule has 1 aromatic carbocycles. The topological polar surface area (TPSA) is 45.7 Å². The van der Waals surface area contributed by atoms with E-state index in [1.165, 1.54) is 44.1 Å². The Hall–Kier alpha value is -1.06. The normalized spacial score (nSPS) is 35.4. The maximum absolute atomic E-state index is 12.9. The minimum atomic E-state index is -0.0707. The number of rotatable bonds is 5. The Balaban J connectivity index is 1.37. The number of carbonyl (C=O) groups excluding carboxylic acids is 1. The quantitative estimate of drug-likeness (QED) is 0.829. The van der Waals surface area contributed by atoms with E-state index in [0.29, 0.717) is 0 Å². The number of quaternary nitrogens is 1. The number of benzene rings is 1. The maximum Gasteiger partial charge on any atom is 0.278 e. The highest BCUT2D eigenvalue weighted by molar-refractivity contribution is 6.30. The highest BCUT2D eigenvalue weighted by Gasteiger charge is 2.51. The van der Waals surface area contributed by atoms with Crippen molar-refractivity contribution in [1.29, 1.82) is 0 Å². The van der Waals surface area contributed by atoms with Crippen LogP contribution in [0.5, 0.6) is 0 Å². The number of amides is 1.